The van der Waals surface area contributed by atoms with Crippen LogP contribution in [0.15, 0.2) is 55.0 Å². The van der Waals surface area contributed by atoms with Crippen molar-refractivity contribution in [1.82, 2.24) is 34.7 Å². The maximum Gasteiger partial charge on any atom is 0.434 e. The molecule has 2 N–H and O–H groups in total. The summed E-state index contributed by atoms with van der Waals surface area (Å²) in [5.41, 5.74) is -1.67. The summed E-state index contributed by atoms with van der Waals surface area (Å²) in [7, 11) is 0. The first-order valence-corrected chi connectivity index (χ1v) is 11.1. The number of nitrogens with one attached hydrogen (secondary N) is 1. The Bertz CT molecular complexity index is 1730. The molecule has 0 aliphatic rings. The molecule has 0 radical (unpaired) electrons. The molecule has 4 heterocycles. The van der Waals surface area contributed by atoms with Crippen LogP contribution in [0.2, 0.25) is 5.02 Å². The van der Waals surface area contributed by atoms with Crippen molar-refractivity contribution in [3.8, 4) is 11.5 Å². The molecule has 0 atom stereocenters. The molecular formula is C23H14ClF3N8O3. The van der Waals surface area contributed by atoms with Gasteiger partial charge in [0.15, 0.2) is 17.2 Å². The number of hydrogen-bond donors (Lipinski definition) is 2. The number of anilines is 1. The molecule has 0 aliphatic carbocycles. The lowest BCUT2D eigenvalue weighted by Gasteiger charge is -2.14. The highest BCUT2D eigenvalue weighted by Gasteiger charge is 2.41. The molecule has 38 heavy (non-hydrogen) atoms. The zero-order valence-electron chi connectivity index (χ0n) is 19.1. The van der Waals surface area contributed by atoms with Gasteiger partial charge >= 0.3 is 12.1 Å². The van der Waals surface area contributed by atoms with Crippen molar-refractivity contribution in [3.63, 3.8) is 0 Å². The average Bonchev–Trinajstić information content (AvgIpc) is 3.48. The summed E-state index contributed by atoms with van der Waals surface area (Å²) in [6.45, 7) is 1.43. The minimum absolute atomic E-state index is 0.0266. The molecule has 5 aromatic rings. The van der Waals surface area contributed by atoms with Crippen LogP contribution >= 0.6 is 11.6 Å². The summed E-state index contributed by atoms with van der Waals surface area (Å²) in [6.07, 6.45) is -1.48. The van der Waals surface area contributed by atoms with Gasteiger partial charge < -0.3 is 10.4 Å². The maximum absolute atomic E-state index is 14.2. The van der Waals surface area contributed by atoms with E-state index in [4.69, 9.17) is 16.7 Å². The summed E-state index contributed by atoms with van der Waals surface area (Å²) < 4.78 is 43.2. The molecule has 0 bridgehead atoms. The van der Waals surface area contributed by atoms with Crippen LogP contribution in [-0.4, -0.2) is 51.7 Å². The standard InChI is InChI=1S/C23H14ClF3N8O3/c1-11-18(22(37)38)33-35(32-11)20-15(24)8-12(9-29-20)31-21(36)14-10-30-34(19(14)23(25,26)27)17-6-2-5-16-13(17)4-3-7-28-16/h2-10H,1H3,(H,31,36)(H,37,38). The lowest BCUT2D eigenvalue weighted by atomic mass is 10.1. The van der Waals surface area contributed by atoms with Crippen molar-refractivity contribution in [1.29, 1.82) is 0 Å². The highest BCUT2D eigenvalue weighted by molar-refractivity contribution is 6.32. The molecule has 1 amide bonds. The number of carboxylic acids is 1. The number of aromatic nitrogens is 7. The van der Waals surface area contributed by atoms with E-state index in [1.807, 2.05) is 0 Å². The summed E-state index contributed by atoms with van der Waals surface area (Å²) in [5.74, 6) is -2.45. The second-order valence-corrected chi connectivity index (χ2v) is 8.28. The number of rotatable bonds is 5. The molecular weight excluding hydrogens is 529 g/mol. The van der Waals surface area contributed by atoms with E-state index < -0.39 is 29.3 Å². The van der Waals surface area contributed by atoms with E-state index in [2.05, 4.69) is 30.6 Å². The first-order valence-electron chi connectivity index (χ1n) is 10.7. The summed E-state index contributed by atoms with van der Waals surface area (Å²) >= 11 is 6.21. The Balaban J connectivity index is 1.49. The van der Waals surface area contributed by atoms with E-state index in [0.29, 0.717) is 15.6 Å². The Morgan fingerprint density at radius 2 is 1.87 bits per heavy atom. The summed E-state index contributed by atoms with van der Waals surface area (Å²) in [4.78, 5) is 33.2. The van der Waals surface area contributed by atoms with Gasteiger partial charge in [0.1, 0.15) is 0 Å². The van der Waals surface area contributed by atoms with Crippen LogP contribution in [0.25, 0.3) is 22.4 Å². The van der Waals surface area contributed by atoms with E-state index in [9.17, 15) is 22.8 Å². The monoisotopic (exact) mass is 542 g/mol. The number of aryl methyl sites for hydroxylation is 1. The van der Waals surface area contributed by atoms with Crippen LogP contribution in [0.5, 0.6) is 0 Å². The Morgan fingerprint density at radius 1 is 1.08 bits per heavy atom. The average molecular weight is 543 g/mol. The fourth-order valence-corrected chi connectivity index (χ4v) is 4.00. The Kier molecular flexibility index (Phi) is 6.03. The molecule has 0 unspecified atom stereocenters. The summed E-state index contributed by atoms with van der Waals surface area (Å²) in [6, 6.07) is 9.03. The second kappa shape index (κ2) is 9.23. The number of fused-ring (bicyclic) bond motifs is 1. The molecule has 5 rings (SSSR count). The second-order valence-electron chi connectivity index (χ2n) is 7.88. The molecule has 0 saturated heterocycles. The van der Waals surface area contributed by atoms with E-state index >= 15 is 0 Å². The summed E-state index contributed by atoms with van der Waals surface area (Å²) in [5, 5.41) is 23.4. The van der Waals surface area contributed by atoms with Gasteiger partial charge in [0.2, 0.25) is 0 Å². The normalized spacial score (nSPS) is 11.6. The fourth-order valence-electron chi connectivity index (χ4n) is 3.76. The number of carbonyl (C=O) groups is 2. The van der Waals surface area contributed by atoms with Crippen molar-refractivity contribution in [2.45, 2.75) is 13.1 Å². The molecule has 15 heteroatoms. The molecule has 0 spiro atoms. The quantitative estimate of drug-likeness (QED) is 0.334. The molecule has 4 aromatic heterocycles. The van der Waals surface area contributed by atoms with Gasteiger partial charge in [-0.05, 0) is 37.3 Å². The smallest absolute Gasteiger partial charge is 0.434 e. The largest absolute Gasteiger partial charge is 0.476 e. The molecule has 0 fully saturated rings. The number of halogens is 4. The Labute approximate surface area is 215 Å². The number of nitrogens with zero attached hydrogens (tertiary/aromatic N) is 7. The van der Waals surface area contributed by atoms with Gasteiger partial charge in [-0.25, -0.2) is 14.5 Å². The number of benzene rings is 1. The third-order valence-electron chi connectivity index (χ3n) is 5.39. The van der Waals surface area contributed by atoms with Gasteiger partial charge in [0.05, 0.1) is 45.6 Å². The Morgan fingerprint density at radius 3 is 2.55 bits per heavy atom. The number of alkyl halides is 3. The molecule has 11 nitrogen and oxygen atoms in total. The minimum atomic E-state index is -4.93. The highest BCUT2D eigenvalue weighted by Crippen LogP contribution is 2.35. The van der Waals surface area contributed by atoms with E-state index in [1.54, 1.807) is 18.2 Å². The molecule has 0 aliphatic heterocycles. The van der Waals surface area contributed by atoms with Gasteiger partial charge in [-0.2, -0.15) is 23.4 Å². The van der Waals surface area contributed by atoms with Gasteiger partial charge in [0.25, 0.3) is 5.91 Å². The number of carbonyl (C=O) groups excluding carboxylic acids is 1. The minimum Gasteiger partial charge on any atom is -0.476 e. The predicted molar refractivity (Wildman–Crippen MR) is 128 cm³/mol. The van der Waals surface area contributed by atoms with Gasteiger partial charge in [-0.3, -0.25) is 9.78 Å². The topological polar surface area (TPSA) is 141 Å². The third-order valence-corrected chi connectivity index (χ3v) is 5.67. The van der Waals surface area contributed by atoms with Crippen molar-refractivity contribution >= 4 is 40.1 Å². The fraction of sp³-hybridized carbons (Fsp3) is 0.0870. The third kappa shape index (κ3) is 4.41. The zero-order valence-corrected chi connectivity index (χ0v) is 19.9. The van der Waals surface area contributed by atoms with Gasteiger partial charge in [-0.15, -0.1) is 9.90 Å². The lowest BCUT2D eigenvalue weighted by Crippen LogP contribution is -2.21. The van der Waals surface area contributed by atoms with Gasteiger partial charge in [-0.1, -0.05) is 17.7 Å². The van der Waals surface area contributed by atoms with Crippen molar-refractivity contribution in [2.24, 2.45) is 0 Å². The lowest BCUT2D eigenvalue weighted by molar-refractivity contribution is -0.143. The number of hydrogen-bond acceptors (Lipinski definition) is 7. The highest BCUT2D eigenvalue weighted by atomic mass is 35.5. The Hall–Kier alpha value is -4.85. The van der Waals surface area contributed by atoms with E-state index in [1.165, 1.54) is 31.3 Å². The molecule has 0 saturated carbocycles. The van der Waals surface area contributed by atoms with Crippen molar-refractivity contribution in [3.05, 3.63) is 82.7 Å². The van der Waals surface area contributed by atoms with E-state index in [-0.39, 0.29) is 33.6 Å². The first kappa shape index (κ1) is 24.8. The van der Waals surface area contributed by atoms with Crippen LogP contribution in [0, 0.1) is 6.92 Å². The van der Waals surface area contributed by atoms with Gasteiger partial charge in [0, 0.05) is 11.6 Å². The molecule has 192 valence electrons. The molecule has 1 aromatic carbocycles. The van der Waals surface area contributed by atoms with E-state index in [0.717, 1.165) is 17.2 Å². The van der Waals surface area contributed by atoms with Crippen LogP contribution in [-0.2, 0) is 6.18 Å². The van der Waals surface area contributed by atoms with Crippen LogP contribution < -0.4 is 5.32 Å². The zero-order chi connectivity index (χ0) is 27.2. The predicted octanol–water partition coefficient (Wildman–Crippen LogP) is 4.33. The van der Waals surface area contributed by atoms with Crippen LogP contribution in [0.4, 0.5) is 18.9 Å². The number of carboxylic acid groups (broad SMARTS) is 1. The maximum atomic E-state index is 14.2. The van der Waals surface area contributed by atoms with Crippen LogP contribution in [0.1, 0.15) is 32.2 Å². The van der Waals surface area contributed by atoms with Crippen molar-refractivity contribution in [2.75, 3.05) is 5.32 Å². The number of pyridine rings is 2. The SMILES string of the molecule is Cc1nn(-c2ncc(NC(=O)c3cnn(-c4cccc5ncccc45)c3C(F)(F)F)cc2Cl)nc1C(=O)O. The number of amides is 1. The van der Waals surface area contributed by atoms with Crippen molar-refractivity contribution < 1.29 is 27.9 Å². The first-order chi connectivity index (χ1) is 18.0. The number of aromatic carboxylic acids is 1. The van der Waals surface area contributed by atoms with Crippen LogP contribution in [0.3, 0.4) is 0 Å².